The maximum Gasteiger partial charge on any atom is 0.490 e. The van der Waals surface area contributed by atoms with E-state index in [4.69, 9.17) is 24.5 Å². The predicted molar refractivity (Wildman–Crippen MR) is 84.0 cm³/mol. The lowest BCUT2D eigenvalue weighted by Gasteiger charge is -2.33. The lowest BCUT2D eigenvalue weighted by molar-refractivity contribution is -0.193. The lowest BCUT2D eigenvalue weighted by atomic mass is 9.90. The van der Waals surface area contributed by atoms with E-state index in [2.05, 4.69) is 14.9 Å². The SMILES string of the molecule is O=C(O)C(F)(F)F.O=C(O)C(F)(F)F.c1cn(C2COC3(CCCNC3)C2)cn1. The molecule has 14 heteroatoms. The van der Waals surface area contributed by atoms with Crippen molar-refractivity contribution in [1.29, 1.82) is 0 Å². The van der Waals surface area contributed by atoms with Gasteiger partial charge in [0.05, 0.1) is 24.6 Å². The highest BCUT2D eigenvalue weighted by Crippen LogP contribution is 2.37. The molecule has 2 fully saturated rings. The molecule has 3 rings (SSSR count). The normalized spacial score (nSPS) is 24.1. The van der Waals surface area contributed by atoms with Gasteiger partial charge in [0.2, 0.25) is 0 Å². The third kappa shape index (κ3) is 8.27. The molecular formula is C15H19F6N3O5. The highest BCUT2D eigenvalue weighted by Gasteiger charge is 2.41. The first-order chi connectivity index (χ1) is 13.3. The Kier molecular flexibility index (Phi) is 8.44. The van der Waals surface area contributed by atoms with Crippen LogP contribution in [0, 0.1) is 0 Å². The summed E-state index contributed by atoms with van der Waals surface area (Å²) in [7, 11) is 0. The minimum absolute atomic E-state index is 0.104. The number of rotatable bonds is 1. The molecule has 2 aliphatic rings. The van der Waals surface area contributed by atoms with Crippen LogP contribution in [0.4, 0.5) is 26.3 Å². The van der Waals surface area contributed by atoms with Crippen LogP contribution in [0.2, 0.25) is 0 Å². The molecule has 1 spiro atoms. The first-order valence-electron chi connectivity index (χ1n) is 8.19. The Morgan fingerprint density at radius 3 is 2.07 bits per heavy atom. The Labute approximate surface area is 160 Å². The van der Waals surface area contributed by atoms with Crippen molar-refractivity contribution in [2.75, 3.05) is 19.7 Å². The number of hydrogen-bond acceptors (Lipinski definition) is 5. The van der Waals surface area contributed by atoms with Crippen LogP contribution < -0.4 is 5.32 Å². The summed E-state index contributed by atoms with van der Waals surface area (Å²) in [4.78, 5) is 21.9. The largest absolute Gasteiger partial charge is 0.490 e. The maximum atomic E-state index is 10.6. The molecule has 0 radical (unpaired) electrons. The number of aromatic nitrogens is 2. The number of nitrogens with one attached hydrogen (secondary N) is 1. The minimum atomic E-state index is -5.08. The summed E-state index contributed by atoms with van der Waals surface area (Å²) in [6.07, 6.45) is -0.852. The van der Waals surface area contributed by atoms with Gasteiger partial charge < -0.3 is 24.8 Å². The van der Waals surface area contributed by atoms with Gasteiger partial charge in [0.15, 0.2) is 0 Å². The van der Waals surface area contributed by atoms with E-state index in [-0.39, 0.29) is 5.60 Å². The van der Waals surface area contributed by atoms with Gasteiger partial charge in [-0.1, -0.05) is 0 Å². The summed E-state index contributed by atoms with van der Waals surface area (Å²) in [6.45, 7) is 2.98. The molecule has 166 valence electrons. The van der Waals surface area contributed by atoms with Crippen molar-refractivity contribution in [2.24, 2.45) is 0 Å². The van der Waals surface area contributed by atoms with Gasteiger partial charge in [0, 0.05) is 25.4 Å². The average Bonchev–Trinajstić information content (AvgIpc) is 3.25. The van der Waals surface area contributed by atoms with Crippen LogP contribution in [0.25, 0.3) is 0 Å². The van der Waals surface area contributed by atoms with Crippen LogP contribution in [0.1, 0.15) is 25.3 Å². The molecular weight excluding hydrogens is 416 g/mol. The van der Waals surface area contributed by atoms with Gasteiger partial charge in [-0.25, -0.2) is 14.6 Å². The zero-order valence-corrected chi connectivity index (χ0v) is 14.8. The molecule has 2 atom stereocenters. The number of halogens is 6. The maximum absolute atomic E-state index is 10.6. The number of carboxylic acid groups (broad SMARTS) is 2. The Balaban J connectivity index is 0.000000255. The van der Waals surface area contributed by atoms with Crippen molar-refractivity contribution < 1.29 is 50.9 Å². The van der Waals surface area contributed by atoms with Crippen LogP contribution in [0.5, 0.6) is 0 Å². The zero-order chi connectivity index (χ0) is 22.3. The van der Waals surface area contributed by atoms with Gasteiger partial charge in [0.1, 0.15) is 0 Å². The van der Waals surface area contributed by atoms with Crippen molar-refractivity contribution in [2.45, 2.75) is 43.3 Å². The van der Waals surface area contributed by atoms with Crippen molar-refractivity contribution in [3.63, 3.8) is 0 Å². The second-order valence-corrected chi connectivity index (χ2v) is 6.25. The summed E-state index contributed by atoms with van der Waals surface area (Å²) in [5.74, 6) is -5.51. The Morgan fingerprint density at radius 1 is 1.14 bits per heavy atom. The number of nitrogens with zero attached hydrogens (tertiary/aromatic N) is 2. The number of alkyl halides is 6. The minimum Gasteiger partial charge on any atom is -0.475 e. The Hall–Kier alpha value is -2.35. The predicted octanol–water partition coefficient (Wildman–Crippen LogP) is 2.23. The number of piperidine rings is 1. The third-order valence-corrected chi connectivity index (χ3v) is 4.05. The van der Waals surface area contributed by atoms with Crippen LogP contribution in [-0.4, -0.2) is 69.4 Å². The van der Waals surface area contributed by atoms with Crippen LogP contribution >= 0.6 is 0 Å². The van der Waals surface area contributed by atoms with Crippen molar-refractivity contribution in [1.82, 2.24) is 14.9 Å². The molecule has 0 bridgehead atoms. The molecule has 0 amide bonds. The van der Waals surface area contributed by atoms with Gasteiger partial charge in [-0.3, -0.25) is 0 Å². The van der Waals surface area contributed by atoms with Crippen LogP contribution in [0.15, 0.2) is 18.7 Å². The summed E-state index contributed by atoms with van der Waals surface area (Å²) in [5.41, 5.74) is 0.104. The number of carbonyl (C=O) groups is 2. The highest BCUT2D eigenvalue weighted by atomic mass is 19.4. The third-order valence-electron chi connectivity index (χ3n) is 4.05. The Bertz CT molecular complexity index is 632. The number of carboxylic acids is 2. The molecule has 0 saturated carbocycles. The zero-order valence-electron chi connectivity index (χ0n) is 14.8. The Morgan fingerprint density at radius 2 is 1.69 bits per heavy atom. The summed E-state index contributed by atoms with van der Waals surface area (Å²) in [5, 5.41) is 17.7. The summed E-state index contributed by atoms with van der Waals surface area (Å²) < 4.78 is 71.6. The fourth-order valence-corrected chi connectivity index (χ4v) is 2.73. The van der Waals surface area contributed by atoms with Gasteiger partial charge in [-0.2, -0.15) is 26.3 Å². The molecule has 3 heterocycles. The van der Waals surface area contributed by atoms with E-state index in [0.717, 1.165) is 26.1 Å². The van der Waals surface area contributed by atoms with E-state index >= 15 is 0 Å². The molecule has 2 aliphatic heterocycles. The number of imidazole rings is 1. The number of ether oxygens (including phenoxy) is 1. The summed E-state index contributed by atoms with van der Waals surface area (Å²) >= 11 is 0. The second-order valence-electron chi connectivity index (χ2n) is 6.25. The molecule has 2 unspecified atom stereocenters. The number of aliphatic carboxylic acids is 2. The smallest absolute Gasteiger partial charge is 0.475 e. The van der Waals surface area contributed by atoms with Crippen LogP contribution in [-0.2, 0) is 14.3 Å². The molecule has 2 saturated heterocycles. The molecule has 1 aromatic heterocycles. The fourth-order valence-electron chi connectivity index (χ4n) is 2.73. The van der Waals surface area contributed by atoms with E-state index in [9.17, 15) is 26.3 Å². The van der Waals surface area contributed by atoms with E-state index in [1.54, 1.807) is 0 Å². The molecule has 1 aromatic rings. The number of hydrogen-bond donors (Lipinski definition) is 3. The average molecular weight is 435 g/mol. The van der Waals surface area contributed by atoms with Gasteiger partial charge in [-0.15, -0.1) is 0 Å². The fraction of sp³-hybridized carbons (Fsp3) is 0.667. The first kappa shape index (κ1) is 24.7. The van der Waals surface area contributed by atoms with Gasteiger partial charge >= 0.3 is 24.3 Å². The molecule has 3 N–H and O–H groups in total. The molecule has 0 aromatic carbocycles. The van der Waals surface area contributed by atoms with E-state index in [1.165, 1.54) is 12.8 Å². The van der Waals surface area contributed by atoms with Crippen molar-refractivity contribution in [3.05, 3.63) is 18.7 Å². The quantitative estimate of drug-likeness (QED) is 0.580. The van der Waals surface area contributed by atoms with Crippen molar-refractivity contribution in [3.8, 4) is 0 Å². The highest BCUT2D eigenvalue weighted by molar-refractivity contribution is 5.73. The molecule has 29 heavy (non-hydrogen) atoms. The van der Waals surface area contributed by atoms with Gasteiger partial charge in [0.25, 0.3) is 0 Å². The van der Waals surface area contributed by atoms with E-state index in [0.29, 0.717) is 6.04 Å². The van der Waals surface area contributed by atoms with Gasteiger partial charge in [-0.05, 0) is 19.4 Å². The van der Waals surface area contributed by atoms with E-state index in [1.807, 2.05) is 18.7 Å². The standard InChI is InChI=1S/C11H17N3O.2C2HF3O2/c1-2-11(8-12-3-1)6-10(7-15-11)14-5-4-13-9-14;2*3-2(4,5)1(6)7/h4-5,9-10,12H,1-3,6-8H2;2*(H,6,7). The van der Waals surface area contributed by atoms with Crippen LogP contribution in [0.3, 0.4) is 0 Å². The first-order valence-corrected chi connectivity index (χ1v) is 8.19. The second kappa shape index (κ2) is 9.91. The molecule has 8 nitrogen and oxygen atoms in total. The summed E-state index contributed by atoms with van der Waals surface area (Å²) in [6, 6.07) is 0.479. The lowest BCUT2D eigenvalue weighted by Crippen LogP contribution is -2.45. The van der Waals surface area contributed by atoms with Crippen molar-refractivity contribution >= 4 is 11.9 Å². The van der Waals surface area contributed by atoms with E-state index < -0.39 is 24.3 Å². The molecule has 0 aliphatic carbocycles. The monoisotopic (exact) mass is 435 g/mol. The topological polar surface area (TPSA) is 114 Å².